The van der Waals surface area contributed by atoms with Gasteiger partial charge < -0.3 is 52.5 Å². The smallest absolute Gasteiger partial charge is 0.325 e. The molecule has 320 valence electrons. The van der Waals surface area contributed by atoms with Gasteiger partial charge in [0.2, 0.25) is 41.4 Å². The third-order valence-corrected chi connectivity index (χ3v) is 9.13. The predicted octanol–water partition coefficient (Wildman–Crippen LogP) is -0.749. The molecule has 0 spiro atoms. The van der Waals surface area contributed by atoms with Crippen LogP contribution >= 0.6 is 11.8 Å². The molecule has 0 radical (unpaired) electrons. The van der Waals surface area contributed by atoms with Gasteiger partial charge in [-0.15, -0.1) is 0 Å². The van der Waals surface area contributed by atoms with Crippen molar-refractivity contribution in [2.75, 3.05) is 12.0 Å². The second-order valence-corrected chi connectivity index (χ2v) is 15.8. The summed E-state index contributed by atoms with van der Waals surface area (Å²) in [6.45, 7) is 14.2. The van der Waals surface area contributed by atoms with Gasteiger partial charge in [-0.25, -0.2) is 0 Å². The first-order chi connectivity index (χ1) is 25.9. The highest BCUT2D eigenvalue weighted by Gasteiger charge is 2.34. The van der Waals surface area contributed by atoms with E-state index in [1.165, 1.54) is 32.5 Å². The molecule has 2 unspecified atom stereocenters. The average Bonchev–Trinajstić information content (AvgIpc) is 3.07. The highest BCUT2D eigenvalue weighted by atomic mass is 32.2. The molecule has 0 rings (SSSR count). The van der Waals surface area contributed by atoms with E-state index < -0.39 is 120 Å². The summed E-state index contributed by atoms with van der Waals surface area (Å²) in [5, 5.41) is 46.9. The average molecular weight is 818 g/mol. The Balaban J connectivity index is 5.83. The van der Waals surface area contributed by atoms with Crippen LogP contribution in [0.5, 0.6) is 0 Å². The lowest BCUT2D eigenvalue weighted by atomic mass is 9.96. The topological polar surface area (TPSA) is 299 Å². The molecule has 0 aliphatic rings. The van der Waals surface area contributed by atoms with Gasteiger partial charge >= 0.3 is 11.9 Å². The Morgan fingerprint density at radius 2 is 1.07 bits per heavy atom. The fourth-order valence-electron chi connectivity index (χ4n) is 5.30. The Bertz CT molecular complexity index is 1380. The van der Waals surface area contributed by atoms with Crippen molar-refractivity contribution >= 4 is 65.1 Å². The highest BCUT2D eigenvalue weighted by Crippen LogP contribution is 2.14. The molecule has 0 bridgehead atoms. The summed E-state index contributed by atoms with van der Waals surface area (Å²) in [5.74, 6) is -7.83. The fourth-order valence-corrected chi connectivity index (χ4v) is 5.77. The largest absolute Gasteiger partial charge is 0.481 e. The molecule has 19 nitrogen and oxygen atoms in total. The molecule has 20 heteroatoms. The van der Waals surface area contributed by atoms with Gasteiger partial charge in [-0.05, 0) is 62.9 Å². The number of aliphatic hydroxyl groups excluding tert-OH is 1. The molecule has 56 heavy (non-hydrogen) atoms. The molecule has 0 aromatic rings. The van der Waals surface area contributed by atoms with Crippen molar-refractivity contribution in [1.82, 2.24) is 37.2 Å². The molecule has 7 amide bonds. The zero-order valence-corrected chi connectivity index (χ0v) is 34.8. The highest BCUT2D eigenvalue weighted by molar-refractivity contribution is 7.98. The van der Waals surface area contributed by atoms with Gasteiger partial charge in [0.15, 0.2) is 0 Å². The first-order valence-electron chi connectivity index (χ1n) is 18.6. The van der Waals surface area contributed by atoms with Crippen molar-refractivity contribution in [2.24, 2.45) is 17.8 Å². The molecule has 0 aromatic carbocycles. The molecular formula is C36H63N7O12S. The molecule has 0 heterocycles. The second-order valence-electron chi connectivity index (χ2n) is 14.9. The van der Waals surface area contributed by atoms with Gasteiger partial charge in [0.1, 0.15) is 36.3 Å². The number of carbonyl (C=O) groups excluding carboxylic acids is 7. The van der Waals surface area contributed by atoms with Crippen LogP contribution in [0.15, 0.2) is 0 Å². The van der Waals surface area contributed by atoms with Gasteiger partial charge in [-0.2, -0.15) is 11.8 Å². The van der Waals surface area contributed by atoms with Crippen molar-refractivity contribution in [3.05, 3.63) is 0 Å². The van der Waals surface area contributed by atoms with Crippen molar-refractivity contribution < 1.29 is 58.5 Å². The van der Waals surface area contributed by atoms with Gasteiger partial charge in [-0.3, -0.25) is 43.2 Å². The maximum atomic E-state index is 13.5. The van der Waals surface area contributed by atoms with E-state index in [9.17, 15) is 48.3 Å². The zero-order chi connectivity index (χ0) is 43.4. The lowest BCUT2D eigenvalue weighted by molar-refractivity contribution is -0.142. The third-order valence-electron chi connectivity index (χ3n) is 8.49. The number of carbonyl (C=O) groups is 9. The number of hydrogen-bond acceptors (Lipinski definition) is 11. The summed E-state index contributed by atoms with van der Waals surface area (Å²) >= 11 is 1.46. The van der Waals surface area contributed by atoms with Crippen molar-refractivity contribution in [1.29, 1.82) is 0 Å². The van der Waals surface area contributed by atoms with Gasteiger partial charge in [0.25, 0.3) is 0 Å². The van der Waals surface area contributed by atoms with Crippen molar-refractivity contribution in [3.63, 3.8) is 0 Å². The van der Waals surface area contributed by atoms with Crippen LogP contribution < -0.4 is 37.2 Å². The van der Waals surface area contributed by atoms with Crippen LogP contribution in [0, 0.1) is 17.8 Å². The zero-order valence-electron chi connectivity index (χ0n) is 34.0. The number of carboxylic acids is 2. The summed E-state index contributed by atoms with van der Waals surface area (Å²) in [6.07, 6.45) is -0.498. The minimum atomic E-state index is -1.43. The van der Waals surface area contributed by atoms with Crippen LogP contribution in [0.1, 0.15) is 94.4 Å². The third kappa shape index (κ3) is 19.9. The Labute approximate surface area is 332 Å². The van der Waals surface area contributed by atoms with Crippen LogP contribution in [0.2, 0.25) is 0 Å². The summed E-state index contributed by atoms with van der Waals surface area (Å²) in [4.78, 5) is 113. The van der Waals surface area contributed by atoms with E-state index in [1.54, 1.807) is 27.7 Å². The van der Waals surface area contributed by atoms with Crippen LogP contribution in [0.4, 0.5) is 0 Å². The number of aliphatic hydroxyl groups is 1. The Kier molecular flexibility index (Phi) is 23.6. The molecule has 0 saturated carbocycles. The molecule has 0 saturated heterocycles. The van der Waals surface area contributed by atoms with Crippen molar-refractivity contribution in [3.8, 4) is 0 Å². The lowest BCUT2D eigenvalue weighted by Gasteiger charge is -2.30. The Morgan fingerprint density at radius 3 is 1.55 bits per heavy atom. The Hall–Kier alpha value is -4.46. The molecule has 10 N–H and O–H groups in total. The van der Waals surface area contributed by atoms with E-state index in [1.807, 2.05) is 20.1 Å². The summed E-state index contributed by atoms with van der Waals surface area (Å²) in [7, 11) is 0. The molecule has 8 atom stereocenters. The van der Waals surface area contributed by atoms with Crippen molar-refractivity contribution in [2.45, 2.75) is 143 Å². The number of thioether (sulfide) groups is 1. The van der Waals surface area contributed by atoms with Crippen LogP contribution in [0.3, 0.4) is 0 Å². The fraction of sp³-hybridized carbons (Fsp3) is 0.750. The van der Waals surface area contributed by atoms with E-state index >= 15 is 0 Å². The number of carboxylic acid groups (broad SMARTS) is 2. The molecular weight excluding hydrogens is 754 g/mol. The van der Waals surface area contributed by atoms with E-state index in [0.29, 0.717) is 5.75 Å². The van der Waals surface area contributed by atoms with E-state index in [2.05, 4.69) is 37.2 Å². The quantitative estimate of drug-likeness (QED) is 0.0515. The van der Waals surface area contributed by atoms with Gasteiger partial charge in [0, 0.05) is 13.3 Å². The van der Waals surface area contributed by atoms with E-state index in [4.69, 9.17) is 10.2 Å². The molecule has 0 aromatic heterocycles. The minimum Gasteiger partial charge on any atom is -0.481 e. The van der Waals surface area contributed by atoms with Gasteiger partial charge in [-0.1, -0.05) is 41.5 Å². The second kappa shape index (κ2) is 25.6. The lowest BCUT2D eigenvalue weighted by Crippen LogP contribution is -2.58. The Morgan fingerprint density at radius 1 is 0.589 bits per heavy atom. The monoisotopic (exact) mass is 817 g/mol. The SMILES string of the molecule is CSCC[C@H](NC(=O)[C@@H](NC(C)=O)C(C)C)C(=O)NC(CC(C)C)C(O)CC(=O)N[C@H](C(=O)N[C@@H](C)C(=O)N[C@@H](CCC(=O)O)C(=O)N[C@@H](C)C(=O)O)C(C)C. The van der Waals surface area contributed by atoms with Gasteiger partial charge in [0.05, 0.1) is 18.6 Å². The molecule has 0 fully saturated rings. The van der Waals surface area contributed by atoms with Crippen LogP contribution in [-0.2, 0) is 43.2 Å². The summed E-state index contributed by atoms with van der Waals surface area (Å²) in [5.41, 5.74) is 0. The first kappa shape index (κ1) is 51.5. The molecule has 0 aliphatic carbocycles. The number of aliphatic carboxylic acids is 2. The van der Waals surface area contributed by atoms with E-state index in [0.717, 1.165) is 0 Å². The normalized spacial score (nSPS) is 15.5. The standard InChI is InChI=1S/C36H63N7O12S/c1-17(2)15-25(42-33(51)24(13-14-56-10)41-35(53)29(18(3)4)39-22(9)44)26(45)16-27(46)43-30(19(5)6)34(52)37-20(7)31(49)40-23(11-12-28(47)48)32(50)38-21(8)36(54)55/h17-21,23-26,29-30,45H,11-16H2,1-10H3,(H,37,52)(H,38,50)(H,39,44)(H,40,49)(H,41,53)(H,42,51)(H,43,46)(H,47,48)(H,54,55)/t20-,21-,23-,24-,25?,26?,29-,30-/m0/s1. The van der Waals surface area contributed by atoms with Crippen LogP contribution in [-0.4, -0.2) is 129 Å². The number of amides is 7. The minimum absolute atomic E-state index is 0.0421. The van der Waals surface area contributed by atoms with Crippen LogP contribution in [0.25, 0.3) is 0 Å². The number of hydrogen-bond donors (Lipinski definition) is 10. The predicted molar refractivity (Wildman–Crippen MR) is 208 cm³/mol. The maximum absolute atomic E-state index is 13.5. The maximum Gasteiger partial charge on any atom is 0.325 e. The summed E-state index contributed by atoms with van der Waals surface area (Å²) in [6, 6.07) is -8.08. The first-order valence-corrected chi connectivity index (χ1v) is 20.0. The summed E-state index contributed by atoms with van der Waals surface area (Å²) < 4.78 is 0. The number of rotatable bonds is 26. The number of nitrogens with one attached hydrogen (secondary N) is 7. The van der Waals surface area contributed by atoms with E-state index in [-0.39, 0.29) is 31.1 Å². The molecule has 0 aliphatic heterocycles.